The number of carbonyl (C=O) groups excluding carboxylic acids is 1. The lowest BCUT2D eigenvalue weighted by molar-refractivity contribution is -0.143. The van der Waals surface area contributed by atoms with Crippen molar-refractivity contribution in [2.24, 2.45) is 17.3 Å². The number of aliphatic hydroxyl groups is 1. The minimum atomic E-state index is -0.346. The molecule has 2 fully saturated rings. The summed E-state index contributed by atoms with van der Waals surface area (Å²) in [4.78, 5) is 11.8. The van der Waals surface area contributed by atoms with Gasteiger partial charge in [-0.1, -0.05) is 13.8 Å². The van der Waals surface area contributed by atoms with Crippen LogP contribution in [0.2, 0.25) is 0 Å². The smallest absolute Gasteiger partial charge is 0.309 e. The van der Waals surface area contributed by atoms with Crippen LogP contribution in [0, 0.1) is 17.3 Å². The van der Waals surface area contributed by atoms with E-state index in [0.29, 0.717) is 5.92 Å². The Balaban J connectivity index is 2.06. The maximum Gasteiger partial charge on any atom is 0.309 e. The predicted octanol–water partition coefficient (Wildman–Crippen LogP) is 2.44. The van der Waals surface area contributed by atoms with Crippen molar-refractivity contribution in [2.75, 3.05) is 0 Å². The third kappa shape index (κ3) is 1.49. The van der Waals surface area contributed by atoms with Gasteiger partial charge in [0.1, 0.15) is 6.10 Å². The third-order valence-corrected chi connectivity index (χ3v) is 5.50. The second-order valence-corrected chi connectivity index (χ2v) is 6.56. The Morgan fingerprint density at radius 3 is 2.72 bits per heavy atom. The van der Waals surface area contributed by atoms with Crippen molar-refractivity contribution in [3.05, 3.63) is 11.1 Å². The Morgan fingerprint density at radius 2 is 2.00 bits per heavy atom. The summed E-state index contributed by atoms with van der Waals surface area (Å²) in [7, 11) is 0. The molecule has 0 radical (unpaired) electrons. The molecule has 1 aliphatic heterocycles. The summed E-state index contributed by atoms with van der Waals surface area (Å²) in [6, 6.07) is 0. The Hall–Kier alpha value is -0.830. The van der Waals surface area contributed by atoms with Crippen LogP contribution >= 0.6 is 0 Å². The molecule has 0 unspecified atom stereocenters. The monoisotopic (exact) mass is 250 g/mol. The van der Waals surface area contributed by atoms with Crippen molar-refractivity contribution in [2.45, 2.75) is 58.7 Å². The zero-order valence-corrected chi connectivity index (χ0v) is 11.4. The van der Waals surface area contributed by atoms with Gasteiger partial charge in [0.25, 0.3) is 0 Å². The second-order valence-electron chi connectivity index (χ2n) is 6.56. The maximum absolute atomic E-state index is 11.8. The molecule has 1 saturated heterocycles. The fourth-order valence-corrected chi connectivity index (χ4v) is 4.21. The van der Waals surface area contributed by atoms with E-state index in [9.17, 15) is 9.90 Å². The number of esters is 1. The van der Waals surface area contributed by atoms with Gasteiger partial charge in [-0.25, -0.2) is 0 Å². The summed E-state index contributed by atoms with van der Waals surface area (Å²) in [6.45, 7) is 6.26. The van der Waals surface area contributed by atoms with Crippen LogP contribution in [0.15, 0.2) is 11.1 Å². The van der Waals surface area contributed by atoms with E-state index in [1.807, 2.05) is 13.8 Å². The van der Waals surface area contributed by atoms with Gasteiger partial charge in [0.05, 0.1) is 12.0 Å². The molecule has 0 bridgehead atoms. The van der Waals surface area contributed by atoms with E-state index >= 15 is 0 Å². The van der Waals surface area contributed by atoms with E-state index in [1.54, 1.807) is 0 Å². The van der Waals surface area contributed by atoms with Crippen LogP contribution in [0.1, 0.15) is 46.5 Å². The first-order valence-corrected chi connectivity index (χ1v) is 7.04. The zero-order valence-electron chi connectivity index (χ0n) is 11.4. The summed E-state index contributed by atoms with van der Waals surface area (Å²) in [6.07, 6.45) is 3.63. The number of carbonyl (C=O) groups is 1. The molecule has 0 aromatic rings. The standard InChI is InChI=1S/C15H22O3/c1-8-10-4-6-15(3)7-5-11(16)9(2)12(15)13(10)18-14(8)17/h8,10-11,13,16H,4-7H2,1-3H3/t8-,10-,11-,13+,15-/m0/s1. The fourth-order valence-electron chi connectivity index (χ4n) is 4.21. The van der Waals surface area contributed by atoms with Gasteiger partial charge in [-0.2, -0.15) is 0 Å². The fraction of sp³-hybridized carbons (Fsp3) is 0.800. The second kappa shape index (κ2) is 3.83. The molecule has 2 aliphatic carbocycles. The van der Waals surface area contributed by atoms with E-state index in [1.165, 1.54) is 5.57 Å². The van der Waals surface area contributed by atoms with Crippen LogP contribution < -0.4 is 0 Å². The molecule has 3 nitrogen and oxygen atoms in total. The molecule has 3 aliphatic rings. The van der Waals surface area contributed by atoms with Crippen LogP contribution in [0.25, 0.3) is 0 Å². The van der Waals surface area contributed by atoms with Crippen molar-refractivity contribution >= 4 is 5.97 Å². The van der Waals surface area contributed by atoms with Crippen molar-refractivity contribution in [1.29, 1.82) is 0 Å². The number of ether oxygens (including phenoxy) is 1. The summed E-state index contributed by atoms with van der Waals surface area (Å²) >= 11 is 0. The first-order valence-electron chi connectivity index (χ1n) is 7.04. The van der Waals surface area contributed by atoms with Crippen LogP contribution in [-0.2, 0) is 9.53 Å². The van der Waals surface area contributed by atoms with Gasteiger partial charge >= 0.3 is 5.97 Å². The average Bonchev–Trinajstić information content (AvgIpc) is 2.60. The van der Waals surface area contributed by atoms with E-state index in [4.69, 9.17) is 4.74 Å². The molecule has 1 saturated carbocycles. The van der Waals surface area contributed by atoms with Gasteiger partial charge in [-0.05, 0) is 49.2 Å². The minimum absolute atomic E-state index is 0.0129. The zero-order chi connectivity index (χ0) is 13.1. The van der Waals surface area contributed by atoms with Gasteiger partial charge < -0.3 is 9.84 Å². The largest absolute Gasteiger partial charge is 0.457 e. The lowest BCUT2D eigenvalue weighted by Crippen LogP contribution is -2.42. The highest BCUT2D eigenvalue weighted by Gasteiger charge is 2.53. The number of rotatable bonds is 0. The highest BCUT2D eigenvalue weighted by Crippen LogP contribution is 2.55. The first kappa shape index (κ1) is 12.2. The van der Waals surface area contributed by atoms with E-state index < -0.39 is 0 Å². The molecule has 5 atom stereocenters. The quantitative estimate of drug-likeness (QED) is 0.530. The highest BCUT2D eigenvalue weighted by molar-refractivity contribution is 5.75. The Morgan fingerprint density at radius 1 is 1.33 bits per heavy atom. The lowest BCUT2D eigenvalue weighted by atomic mass is 9.59. The van der Waals surface area contributed by atoms with E-state index in [-0.39, 0.29) is 29.5 Å². The normalized spacial score (nSPS) is 47.7. The maximum atomic E-state index is 11.8. The molecule has 1 N–H and O–H groups in total. The van der Waals surface area contributed by atoms with E-state index in [0.717, 1.165) is 31.3 Å². The van der Waals surface area contributed by atoms with Gasteiger partial charge in [-0.3, -0.25) is 4.79 Å². The number of fused-ring (bicyclic) bond motifs is 3. The highest BCUT2D eigenvalue weighted by atomic mass is 16.6. The van der Waals surface area contributed by atoms with Crippen LogP contribution in [0.4, 0.5) is 0 Å². The molecule has 1 heterocycles. The molecule has 3 heteroatoms. The lowest BCUT2D eigenvalue weighted by Gasteiger charge is -2.47. The Bertz CT molecular complexity index is 425. The third-order valence-electron chi connectivity index (χ3n) is 5.50. The summed E-state index contributed by atoms with van der Waals surface area (Å²) in [5.41, 5.74) is 2.42. The minimum Gasteiger partial charge on any atom is -0.457 e. The Labute approximate surface area is 108 Å². The SMILES string of the molecule is CC1=C2[C@@H]3OC(=O)[C@@H](C)[C@@H]3CC[C@@]2(C)CC[C@@H]1O. The van der Waals surface area contributed by atoms with Gasteiger partial charge in [-0.15, -0.1) is 0 Å². The molecule has 3 rings (SSSR count). The molecule has 0 amide bonds. The number of hydrogen-bond donors (Lipinski definition) is 1. The topological polar surface area (TPSA) is 46.5 Å². The first-order chi connectivity index (χ1) is 8.44. The molecule has 18 heavy (non-hydrogen) atoms. The van der Waals surface area contributed by atoms with Crippen LogP contribution in [-0.4, -0.2) is 23.3 Å². The summed E-state index contributed by atoms with van der Waals surface area (Å²) < 4.78 is 5.62. The number of hydrogen-bond acceptors (Lipinski definition) is 3. The van der Waals surface area contributed by atoms with Gasteiger partial charge in [0.2, 0.25) is 0 Å². The van der Waals surface area contributed by atoms with Crippen molar-refractivity contribution in [3.8, 4) is 0 Å². The van der Waals surface area contributed by atoms with Crippen molar-refractivity contribution in [1.82, 2.24) is 0 Å². The molecular weight excluding hydrogens is 228 g/mol. The molecule has 0 aromatic carbocycles. The number of aliphatic hydroxyl groups excluding tert-OH is 1. The Kier molecular flexibility index (Phi) is 2.60. The van der Waals surface area contributed by atoms with Gasteiger partial charge in [0.15, 0.2) is 0 Å². The van der Waals surface area contributed by atoms with E-state index in [2.05, 4.69) is 6.92 Å². The van der Waals surface area contributed by atoms with Crippen LogP contribution in [0.5, 0.6) is 0 Å². The van der Waals surface area contributed by atoms with Crippen LogP contribution in [0.3, 0.4) is 0 Å². The summed E-state index contributed by atoms with van der Waals surface area (Å²) in [5.74, 6) is 0.273. The molecule has 100 valence electrons. The molecule has 0 spiro atoms. The predicted molar refractivity (Wildman–Crippen MR) is 67.8 cm³/mol. The molecular formula is C15H22O3. The van der Waals surface area contributed by atoms with Crippen molar-refractivity contribution in [3.63, 3.8) is 0 Å². The average molecular weight is 250 g/mol. The van der Waals surface area contributed by atoms with Crippen molar-refractivity contribution < 1.29 is 14.6 Å². The molecule has 0 aromatic heterocycles. The summed E-state index contributed by atoms with van der Waals surface area (Å²) in [5, 5.41) is 10.1. The van der Waals surface area contributed by atoms with Gasteiger partial charge in [0, 0.05) is 5.92 Å².